The number of quaternary nitrogens is 1. The van der Waals surface area contributed by atoms with E-state index in [0.29, 0.717) is 16.9 Å². The molecule has 1 saturated heterocycles. The molecule has 1 fully saturated rings. The fourth-order valence-electron chi connectivity index (χ4n) is 7.16. The normalized spacial score (nSPS) is 23.3. The van der Waals surface area contributed by atoms with Gasteiger partial charge in [0.15, 0.2) is 26.5 Å². The van der Waals surface area contributed by atoms with Gasteiger partial charge in [-0.2, -0.15) is 8.42 Å². The van der Waals surface area contributed by atoms with Crippen LogP contribution >= 0.6 is 0 Å². The van der Waals surface area contributed by atoms with Gasteiger partial charge in [-0.25, -0.2) is 29.7 Å². The van der Waals surface area contributed by atoms with Crippen LogP contribution in [-0.4, -0.2) is 76.5 Å². The van der Waals surface area contributed by atoms with E-state index in [4.69, 9.17) is 0 Å². The van der Waals surface area contributed by atoms with Crippen molar-refractivity contribution in [1.82, 2.24) is 4.48 Å². The Morgan fingerprint density at radius 2 is 1.49 bits per heavy atom. The van der Waals surface area contributed by atoms with E-state index in [9.17, 15) is 47.3 Å². The summed E-state index contributed by atoms with van der Waals surface area (Å²) in [6.45, 7) is 9.39. The Morgan fingerprint density at radius 1 is 0.857 bits per heavy atom. The maximum Gasteiger partial charge on any atom is 1.00 e. The van der Waals surface area contributed by atoms with Crippen LogP contribution in [0.25, 0.3) is 5.57 Å². The summed E-state index contributed by atoms with van der Waals surface area (Å²) >= 11 is 0. The number of sulfone groups is 1. The van der Waals surface area contributed by atoms with Crippen LogP contribution in [0.1, 0.15) is 56.4 Å². The van der Waals surface area contributed by atoms with Gasteiger partial charge in [0.1, 0.15) is 11.4 Å². The molecule has 0 radical (unpaired) electrons. The van der Waals surface area contributed by atoms with Gasteiger partial charge in [0.2, 0.25) is 5.37 Å². The van der Waals surface area contributed by atoms with Gasteiger partial charge < -0.3 is 9.11 Å². The third kappa shape index (κ3) is 8.62. The van der Waals surface area contributed by atoms with Crippen molar-refractivity contribution >= 4 is 51.5 Å². The van der Waals surface area contributed by atoms with Crippen molar-refractivity contribution in [3.8, 4) is 0 Å². The zero-order valence-electron chi connectivity index (χ0n) is 28.4. The minimum absolute atomic E-state index is 0. The quantitative estimate of drug-likeness (QED) is 0.113. The molecule has 3 aliphatic rings. The number of fused-ring (bicyclic) bond motifs is 3. The van der Waals surface area contributed by atoms with E-state index in [1.807, 2.05) is 39.0 Å². The summed E-state index contributed by atoms with van der Waals surface area (Å²) < 4.78 is 129. The van der Waals surface area contributed by atoms with Crippen molar-refractivity contribution in [3.63, 3.8) is 0 Å². The Bertz CT molecular complexity index is 2240. The molecule has 2 heterocycles. The predicted octanol–water partition coefficient (Wildman–Crippen LogP) is -2.73. The van der Waals surface area contributed by atoms with E-state index < -0.39 is 73.7 Å². The zero-order valence-corrected chi connectivity index (χ0v) is 37.9. The third-order valence-corrected chi connectivity index (χ3v) is 14.1. The number of aryl methyl sites for hydroxylation is 1. The second kappa shape index (κ2) is 14.7. The average molecular weight is 805 g/mol. The van der Waals surface area contributed by atoms with Crippen LogP contribution in [0.5, 0.6) is 0 Å². The summed E-state index contributed by atoms with van der Waals surface area (Å²) in [7, 11) is -18.1. The molecule has 2 aliphatic heterocycles. The number of hydrogen-bond donors (Lipinski definition) is 1. The van der Waals surface area contributed by atoms with E-state index in [0.717, 1.165) is 27.8 Å². The summed E-state index contributed by atoms with van der Waals surface area (Å²) in [6, 6.07) is 9.85. The third-order valence-electron chi connectivity index (χ3n) is 9.54. The first-order valence-electron chi connectivity index (χ1n) is 14.7. The molecule has 0 bridgehead atoms. The molecule has 49 heavy (non-hydrogen) atoms. The largest absolute Gasteiger partial charge is 1.00 e. The maximum atomic E-state index is 13.0. The summed E-state index contributed by atoms with van der Waals surface area (Å²) in [6.07, 6.45) is 5.25. The summed E-state index contributed by atoms with van der Waals surface area (Å²) in [5, 5.41) is -1.35. The molecule has 5 rings (SSSR count). The number of hydrogen-bond acceptors (Lipinski definition) is 10. The number of benzene rings is 2. The SMILES string of the molecule is Cc1ccc2c(c1)C(C)(C)C(C=C/C=C1\C(C)(C)c3cc(S(=O)(=O)CCS(=O)(=O)[O-])ccc3[N+]13CC3S(=O)(=O)[O-])=C2CCS(=O)(=O)O.[K+].[K+]. The van der Waals surface area contributed by atoms with Gasteiger partial charge in [-0.05, 0) is 67.7 Å². The second-order valence-corrected chi connectivity index (χ2v) is 20.1. The number of allylic oxidation sites excluding steroid dienone is 6. The zero-order chi connectivity index (χ0) is 35.2. The molecule has 256 valence electrons. The van der Waals surface area contributed by atoms with Crippen molar-refractivity contribution in [2.45, 2.75) is 62.1 Å². The minimum Gasteiger partial charge on any atom is -0.748 e. The first-order valence-corrected chi connectivity index (χ1v) is 21.0. The summed E-state index contributed by atoms with van der Waals surface area (Å²) in [4.78, 5) is -0.235. The number of rotatable bonds is 10. The molecule has 2 aromatic carbocycles. The molecule has 18 heteroatoms. The first kappa shape index (κ1) is 44.0. The fourth-order valence-corrected chi connectivity index (χ4v) is 11.2. The smallest absolute Gasteiger partial charge is 0.748 e. The summed E-state index contributed by atoms with van der Waals surface area (Å²) in [5.41, 5.74) is 4.18. The Morgan fingerprint density at radius 3 is 2.04 bits per heavy atom. The molecule has 2 unspecified atom stereocenters. The Labute approximate surface area is 374 Å². The van der Waals surface area contributed by atoms with Crippen LogP contribution in [0.15, 0.2) is 70.8 Å². The van der Waals surface area contributed by atoms with Crippen molar-refractivity contribution in [1.29, 1.82) is 0 Å². The molecule has 0 amide bonds. The van der Waals surface area contributed by atoms with Gasteiger partial charge in [0.25, 0.3) is 10.1 Å². The van der Waals surface area contributed by atoms with E-state index in [1.165, 1.54) is 18.2 Å². The molecule has 1 spiro atoms. The molecular weight excluding hydrogens is 769 g/mol. The topological polar surface area (TPSA) is 203 Å². The predicted molar refractivity (Wildman–Crippen MR) is 176 cm³/mol. The molecule has 1 N–H and O–H groups in total. The van der Waals surface area contributed by atoms with E-state index in [2.05, 4.69) is 0 Å². The van der Waals surface area contributed by atoms with Crippen LogP contribution in [0.4, 0.5) is 5.69 Å². The summed E-state index contributed by atoms with van der Waals surface area (Å²) in [5.74, 6) is -2.51. The van der Waals surface area contributed by atoms with Gasteiger partial charge in [-0.1, -0.05) is 49.8 Å². The van der Waals surface area contributed by atoms with Gasteiger partial charge in [0, 0.05) is 17.0 Å². The van der Waals surface area contributed by atoms with Crippen LogP contribution < -0.4 is 107 Å². The van der Waals surface area contributed by atoms with E-state index in [1.54, 1.807) is 32.1 Å². The Balaban J connectivity index is 0.00000325. The van der Waals surface area contributed by atoms with Crippen LogP contribution in [0.2, 0.25) is 0 Å². The van der Waals surface area contributed by atoms with Gasteiger partial charge in [-0.15, -0.1) is 0 Å². The minimum atomic E-state index is -4.80. The molecule has 1 aliphatic carbocycles. The molecule has 2 atom stereocenters. The van der Waals surface area contributed by atoms with E-state index >= 15 is 0 Å². The second-order valence-electron chi connectivity index (χ2n) is 13.4. The Hall–Kier alpha value is 0.573. The van der Waals surface area contributed by atoms with Gasteiger partial charge in [-0.3, -0.25) is 4.55 Å². The first-order chi connectivity index (χ1) is 21.3. The van der Waals surface area contributed by atoms with Gasteiger partial charge >= 0.3 is 103 Å². The standard InChI is InChI=1S/C31H37NO11S4.2K/c1-20-9-11-22-23(13-14-45(35,36)37)24(30(2,3)25(22)17-20)7-6-8-28-31(4,5)26-18-21(44(33,34)15-16-46(38,39)40)10-12-27(26)32(28)19-29(32)47(41,42)43;;/h6-12,17-18,29H,13-16,19H2,1-5H3,(H2-,35,36,37,38,39,40,41,42,43);;/q;2*+1/p-1/b7-6?,28-8+;;. The average Bonchev–Trinajstić information content (AvgIpc) is 3.61. The van der Waals surface area contributed by atoms with Crippen molar-refractivity contribution in [2.75, 3.05) is 23.8 Å². The molecule has 12 nitrogen and oxygen atoms in total. The molecule has 0 saturated carbocycles. The molecule has 2 aromatic rings. The van der Waals surface area contributed by atoms with Crippen LogP contribution in [-0.2, 0) is 51.0 Å². The number of nitrogens with zero attached hydrogens (tertiary/aromatic N) is 1. The van der Waals surface area contributed by atoms with Crippen molar-refractivity contribution in [2.24, 2.45) is 0 Å². The van der Waals surface area contributed by atoms with Crippen LogP contribution in [0, 0.1) is 6.92 Å². The molecule has 0 aromatic heterocycles. The fraction of sp³-hybridized carbons (Fsp3) is 0.419. The van der Waals surface area contributed by atoms with Crippen LogP contribution in [0.3, 0.4) is 0 Å². The van der Waals surface area contributed by atoms with Gasteiger partial charge in [0.05, 0.1) is 37.7 Å². The Kier molecular flexibility index (Phi) is 13.2. The monoisotopic (exact) mass is 804 g/mol. The maximum absolute atomic E-state index is 13.0. The van der Waals surface area contributed by atoms with E-state index in [-0.39, 0.29) is 125 Å². The molecular formula is C31H36K2NO11S4+. The van der Waals surface area contributed by atoms with Crippen molar-refractivity contribution in [3.05, 3.63) is 88.2 Å². The van der Waals surface area contributed by atoms with Crippen molar-refractivity contribution < 1.29 is 150 Å².